The van der Waals surface area contributed by atoms with Crippen molar-refractivity contribution in [2.45, 2.75) is 19.6 Å². The SMILES string of the molecule is c1ccc(S(c2ccccc2)(c2ccccc2)c2cc3c4c(c2)Oc2ccccc2B4c2ccccc2O3)cc1. The van der Waals surface area contributed by atoms with E-state index >= 15 is 0 Å². The second-order valence-corrected chi connectivity index (χ2v) is 13.2. The Balaban J connectivity index is 1.47. The molecule has 0 bridgehead atoms. The van der Waals surface area contributed by atoms with Crippen molar-refractivity contribution in [3.8, 4) is 23.0 Å². The molecule has 0 amide bonds. The molecule has 8 rings (SSSR count). The first-order valence-corrected chi connectivity index (χ1v) is 15.2. The lowest BCUT2D eigenvalue weighted by atomic mass is 9.35. The fourth-order valence-corrected chi connectivity index (χ4v) is 10.1. The highest BCUT2D eigenvalue weighted by atomic mass is 32.3. The second-order valence-electron chi connectivity index (χ2n) is 10.1. The third kappa shape index (κ3) is 3.39. The van der Waals surface area contributed by atoms with Crippen LogP contribution in [-0.4, -0.2) is 6.71 Å². The molecule has 190 valence electrons. The Morgan fingerprint density at radius 3 is 1.18 bits per heavy atom. The Morgan fingerprint density at radius 1 is 0.375 bits per heavy atom. The second kappa shape index (κ2) is 9.22. The molecule has 40 heavy (non-hydrogen) atoms. The Hall–Kier alpha value is -4.67. The first-order chi connectivity index (χ1) is 19.8. The summed E-state index contributed by atoms with van der Waals surface area (Å²) in [6.45, 7) is 0.0588. The van der Waals surface area contributed by atoms with Crippen LogP contribution < -0.4 is 25.9 Å². The highest BCUT2D eigenvalue weighted by Gasteiger charge is 2.42. The van der Waals surface area contributed by atoms with Crippen LogP contribution in [0.4, 0.5) is 0 Å². The van der Waals surface area contributed by atoms with Crippen LogP contribution in [0, 0.1) is 0 Å². The van der Waals surface area contributed by atoms with Crippen molar-refractivity contribution < 1.29 is 9.47 Å². The van der Waals surface area contributed by atoms with Crippen molar-refractivity contribution in [2.75, 3.05) is 0 Å². The predicted molar refractivity (Wildman–Crippen MR) is 164 cm³/mol. The third-order valence-electron chi connectivity index (χ3n) is 7.91. The number of fused-ring (bicyclic) bond motifs is 4. The van der Waals surface area contributed by atoms with E-state index in [2.05, 4.69) is 140 Å². The van der Waals surface area contributed by atoms with Crippen molar-refractivity contribution in [1.29, 1.82) is 0 Å². The third-order valence-corrected chi connectivity index (χ3v) is 11.8. The van der Waals surface area contributed by atoms with Gasteiger partial charge in [-0.15, -0.1) is 10.0 Å². The van der Waals surface area contributed by atoms with Crippen molar-refractivity contribution in [1.82, 2.24) is 0 Å². The number of rotatable bonds is 4. The lowest BCUT2D eigenvalue weighted by molar-refractivity contribution is 0.462. The number of para-hydroxylation sites is 2. The minimum Gasteiger partial charge on any atom is -0.458 e. The van der Waals surface area contributed by atoms with E-state index in [1.165, 1.54) is 30.5 Å². The molecule has 0 N–H and O–H groups in total. The first kappa shape index (κ1) is 23.2. The van der Waals surface area contributed by atoms with Crippen molar-refractivity contribution in [3.05, 3.63) is 152 Å². The van der Waals surface area contributed by atoms with Crippen molar-refractivity contribution >= 4 is 33.1 Å². The van der Waals surface area contributed by atoms with Gasteiger partial charge in [-0.2, -0.15) is 0 Å². The van der Waals surface area contributed by atoms with Gasteiger partial charge in [-0.3, -0.25) is 0 Å². The Labute approximate surface area is 236 Å². The zero-order chi connectivity index (χ0) is 26.5. The van der Waals surface area contributed by atoms with E-state index in [-0.39, 0.29) is 6.71 Å². The molecule has 0 atom stereocenters. The summed E-state index contributed by atoms with van der Waals surface area (Å²) in [6, 6.07) is 54.0. The van der Waals surface area contributed by atoms with Crippen LogP contribution in [0.15, 0.2) is 171 Å². The molecular weight excluding hydrogens is 507 g/mol. The van der Waals surface area contributed by atoms with Crippen LogP contribution in [0.3, 0.4) is 0 Å². The summed E-state index contributed by atoms with van der Waals surface area (Å²) in [5.74, 6) is 3.54. The zero-order valence-corrected chi connectivity index (χ0v) is 22.6. The summed E-state index contributed by atoms with van der Waals surface area (Å²) < 4.78 is 13.4. The van der Waals surface area contributed by atoms with Crippen LogP contribution in [0.5, 0.6) is 23.0 Å². The monoisotopic (exact) mass is 532 g/mol. The molecule has 0 radical (unpaired) electrons. The molecule has 2 aliphatic heterocycles. The number of hydrogen-bond donors (Lipinski definition) is 0. The van der Waals surface area contributed by atoms with Crippen molar-refractivity contribution in [2.24, 2.45) is 0 Å². The molecule has 0 saturated heterocycles. The molecule has 6 aromatic carbocycles. The normalized spacial score (nSPS) is 13.2. The molecule has 4 heteroatoms. The molecule has 2 nitrogen and oxygen atoms in total. The number of ether oxygens (including phenoxy) is 2. The summed E-state index contributed by atoms with van der Waals surface area (Å²) in [4.78, 5) is 4.98. The van der Waals surface area contributed by atoms with E-state index in [9.17, 15) is 0 Å². The Kier molecular flexibility index (Phi) is 5.36. The predicted octanol–water partition coefficient (Wildman–Crippen LogP) is 7.76. The van der Waals surface area contributed by atoms with Gasteiger partial charge in [0.25, 0.3) is 6.71 Å². The summed E-state index contributed by atoms with van der Waals surface area (Å²) >= 11 is 0. The van der Waals surface area contributed by atoms with Gasteiger partial charge < -0.3 is 9.47 Å². The zero-order valence-electron chi connectivity index (χ0n) is 21.7. The van der Waals surface area contributed by atoms with Crippen LogP contribution in [0.1, 0.15) is 0 Å². The molecule has 0 spiro atoms. The average molecular weight is 532 g/mol. The minimum absolute atomic E-state index is 0.0588. The van der Waals surface area contributed by atoms with E-state index in [4.69, 9.17) is 9.47 Å². The molecule has 2 aliphatic rings. The summed E-state index contributed by atoms with van der Waals surface area (Å²) in [5.41, 5.74) is 3.45. The molecule has 0 aromatic heterocycles. The lowest BCUT2D eigenvalue weighted by Crippen LogP contribution is -2.57. The highest BCUT2D eigenvalue weighted by Crippen LogP contribution is 2.74. The van der Waals surface area contributed by atoms with Gasteiger partial charge in [0.15, 0.2) is 0 Å². The van der Waals surface area contributed by atoms with Gasteiger partial charge in [-0.25, -0.2) is 0 Å². The van der Waals surface area contributed by atoms with Gasteiger partial charge in [-0.1, -0.05) is 91.0 Å². The quantitative estimate of drug-likeness (QED) is 0.216. The maximum atomic E-state index is 6.72. The standard InChI is InChI=1S/C36H25BO2S/c1-4-14-26(15-5-1)40(27-16-6-2-7-17-27,28-18-8-3-9-19-28)29-24-34-36-35(25-29)39-33-23-13-11-21-31(33)37(36)30-20-10-12-22-32(30)38-34/h1-25H. The average Bonchev–Trinajstić information content (AvgIpc) is 3.03. The summed E-state index contributed by atoms with van der Waals surface area (Å²) in [7, 11) is -1.89. The van der Waals surface area contributed by atoms with E-state index in [1.54, 1.807) is 0 Å². The fraction of sp³-hybridized carbons (Fsp3) is 0. The van der Waals surface area contributed by atoms with E-state index in [0.717, 1.165) is 28.5 Å². The van der Waals surface area contributed by atoms with Gasteiger partial charge in [0.1, 0.15) is 23.0 Å². The highest BCUT2D eigenvalue weighted by molar-refractivity contribution is 8.34. The van der Waals surface area contributed by atoms with Crippen LogP contribution in [-0.2, 0) is 0 Å². The smallest absolute Gasteiger partial charge is 0.260 e. The summed E-state index contributed by atoms with van der Waals surface area (Å²) in [6.07, 6.45) is 0. The van der Waals surface area contributed by atoms with E-state index in [0.29, 0.717) is 0 Å². The molecule has 0 unspecified atom stereocenters. The molecule has 0 aliphatic carbocycles. The topological polar surface area (TPSA) is 18.5 Å². The number of hydrogen-bond acceptors (Lipinski definition) is 2. The van der Waals surface area contributed by atoms with Gasteiger partial charge in [0.05, 0.1) is 0 Å². The molecule has 0 saturated carbocycles. The molecule has 0 fully saturated rings. The van der Waals surface area contributed by atoms with Crippen LogP contribution in [0.2, 0.25) is 0 Å². The van der Waals surface area contributed by atoms with Gasteiger partial charge in [-0.05, 0) is 71.6 Å². The van der Waals surface area contributed by atoms with E-state index < -0.39 is 10.0 Å². The summed E-state index contributed by atoms with van der Waals surface area (Å²) in [5, 5.41) is 0. The maximum Gasteiger partial charge on any atom is 0.260 e. The van der Waals surface area contributed by atoms with Crippen LogP contribution in [0.25, 0.3) is 0 Å². The van der Waals surface area contributed by atoms with Gasteiger partial charge >= 0.3 is 0 Å². The first-order valence-electron chi connectivity index (χ1n) is 13.5. The molecular formula is C36H25BO2S. The molecule has 2 heterocycles. The Bertz CT molecular complexity index is 1690. The number of benzene rings is 6. The van der Waals surface area contributed by atoms with E-state index in [1.807, 2.05) is 12.1 Å². The van der Waals surface area contributed by atoms with Gasteiger partial charge in [0.2, 0.25) is 0 Å². The Morgan fingerprint density at radius 2 is 0.750 bits per heavy atom. The minimum atomic E-state index is -1.89. The lowest BCUT2D eigenvalue weighted by Gasteiger charge is -2.43. The van der Waals surface area contributed by atoms with Gasteiger partial charge in [0, 0.05) is 25.0 Å². The molecule has 6 aromatic rings. The maximum absolute atomic E-state index is 6.72. The van der Waals surface area contributed by atoms with Crippen LogP contribution >= 0.6 is 10.0 Å². The van der Waals surface area contributed by atoms with Crippen molar-refractivity contribution in [3.63, 3.8) is 0 Å². The fourth-order valence-electron chi connectivity index (χ4n) is 6.24. The largest absolute Gasteiger partial charge is 0.458 e.